The van der Waals surface area contributed by atoms with Crippen molar-refractivity contribution in [2.75, 3.05) is 26.9 Å². The van der Waals surface area contributed by atoms with Crippen LogP contribution in [0.3, 0.4) is 0 Å². The molecule has 7 heteroatoms. The summed E-state index contributed by atoms with van der Waals surface area (Å²) in [6.07, 6.45) is 3.02. The first-order valence-electron chi connectivity index (χ1n) is 8.29. The molecule has 2 aromatic heterocycles. The molecule has 0 radical (unpaired) electrons. The number of ether oxygens (including phenoxy) is 2. The van der Waals surface area contributed by atoms with Crippen molar-refractivity contribution in [2.45, 2.75) is 32.7 Å². The Hall–Kier alpha value is -1.99. The van der Waals surface area contributed by atoms with Crippen molar-refractivity contribution in [3.05, 3.63) is 30.2 Å². The number of nitrogens with one attached hydrogen (secondary N) is 1. The molecular weight excluding hydrogens is 308 g/mol. The molecule has 7 nitrogen and oxygen atoms in total. The summed E-state index contributed by atoms with van der Waals surface area (Å²) >= 11 is 0. The van der Waals surface area contributed by atoms with E-state index in [4.69, 9.17) is 9.47 Å². The molecule has 2 heterocycles. The molecule has 0 aliphatic rings. The van der Waals surface area contributed by atoms with Crippen molar-refractivity contribution in [3.8, 4) is 0 Å². The summed E-state index contributed by atoms with van der Waals surface area (Å²) in [5, 5.41) is 11.5. The normalized spacial score (nSPS) is 12.7. The summed E-state index contributed by atoms with van der Waals surface area (Å²) in [6, 6.07) is 5.56. The summed E-state index contributed by atoms with van der Waals surface area (Å²) in [6.45, 7) is 5.79. The van der Waals surface area contributed by atoms with Gasteiger partial charge < -0.3 is 14.8 Å². The lowest BCUT2D eigenvalue weighted by Crippen LogP contribution is -2.33. The first-order chi connectivity index (χ1) is 11.6. The van der Waals surface area contributed by atoms with Crippen LogP contribution in [0, 0.1) is 5.92 Å². The highest BCUT2D eigenvalue weighted by Gasteiger charge is 2.23. The van der Waals surface area contributed by atoms with Gasteiger partial charge in [-0.1, -0.05) is 19.9 Å². The zero-order valence-corrected chi connectivity index (χ0v) is 14.6. The molecular formula is C17H26N4O3. The summed E-state index contributed by atoms with van der Waals surface area (Å²) in [4.78, 5) is 12.2. The van der Waals surface area contributed by atoms with Crippen LogP contribution in [0.15, 0.2) is 24.4 Å². The van der Waals surface area contributed by atoms with E-state index in [1.807, 2.05) is 28.8 Å². The van der Waals surface area contributed by atoms with E-state index in [-0.39, 0.29) is 17.9 Å². The largest absolute Gasteiger partial charge is 0.382 e. The third-order valence-electron chi connectivity index (χ3n) is 3.73. The van der Waals surface area contributed by atoms with Crippen molar-refractivity contribution in [2.24, 2.45) is 5.92 Å². The van der Waals surface area contributed by atoms with E-state index in [9.17, 15) is 4.79 Å². The maximum Gasteiger partial charge on any atom is 0.220 e. The molecule has 0 aliphatic carbocycles. The number of hydrogen-bond acceptors (Lipinski definition) is 5. The standard InChI is InChI=1S/C17H26N4O3/c1-13(2)16(17-20-19-14-7-4-5-9-21(14)17)18-15(22)8-6-10-24-12-11-23-3/h4-5,7,9,13,16H,6,8,10-12H2,1-3H3,(H,18,22)/t16-/m0/s1. The molecule has 0 aromatic carbocycles. The lowest BCUT2D eigenvalue weighted by molar-refractivity contribution is -0.122. The maximum atomic E-state index is 12.2. The van der Waals surface area contributed by atoms with E-state index in [1.54, 1.807) is 7.11 Å². The van der Waals surface area contributed by atoms with Crippen molar-refractivity contribution < 1.29 is 14.3 Å². The summed E-state index contributed by atoms with van der Waals surface area (Å²) in [7, 11) is 1.64. The Labute approximate surface area is 142 Å². The lowest BCUT2D eigenvalue weighted by Gasteiger charge is -2.21. The van der Waals surface area contributed by atoms with Gasteiger partial charge in [0.2, 0.25) is 5.91 Å². The van der Waals surface area contributed by atoms with E-state index in [0.717, 1.165) is 11.5 Å². The number of methoxy groups -OCH3 is 1. The highest BCUT2D eigenvalue weighted by molar-refractivity contribution is 5.76. The van der Waals surface area contributed by atoms with Gasteiger partial charge in [0.05, 0.1) is 19.3 Å². The maximum absolute atomic E-state index is 12.2. The zero-order chi connectivity index (χ0) is 17.4. The smallest absolute Gasteiger partial charge is 0.220 e. The number of pyridine rings is 1. The number of aromatic nitrogens is 3. The number of carbonyl (C=O) groups excluding carboxylic acids is 1. The van der Waals surface area contributed by atoms with Crippen LogP contribution >= 0.6 is 0 Å². The molecule has 0 fully saturated rings. The van der Waals surface area contributed by atoms with Gasteiger partial charge in [0.25, 0.3) is 0 Å². The van der Waals surface area contributed by atoms with Gasteiger partial charge in [-0.15, -0.1) is 10.2 Å². The van der Waals surface area contributed by atoms with Crippen LogP contribution in [0.2, 0.25) is 0 Å². The van der Waals surface area contributed by atoms with Crippen molar-refractivity contribution in [3.63, 3.8) is 0 Å². The van der Waals surface area contributed by atoms with Crippen LogP contribution < -0.4 is 5.32 Å². The van der Waals surface area contributed by atoms with Gasteiger partial charge in [-0.3, -0.25) is 9.20 Å². The van der Waals surface area contributed by atoms with Crippen LogP contribution in [0.5, 0.6) is 0 Å². The quantitative estimate of drug-likeness (QED) is 0.672. The predicted octanol–water partition coefficient (Wildman–Crippen LogP) is 1.99. The summed E-state index contributed by atoms with van der Waals surface area (Å²) < 4.78 is 12.2. The number of amides is 1. The Morgan fingerprint density at radius 2 is 2.08 bits per heavy atom. The number of carbonyl (C=O) groups is 1. The van der Waals surface area contributed by atoms with E-state index in [0.29, 0.717) is 32.7 Å². The number of nitrogens with zero attached hydrogens (tertiary/aromatic N) is 3. The molecule has 1 atom stereocenters. The van der Waals surface area contributed by atoms with Crippen LogP contribution in [0.4, 0.5) is 0 Å². The minimum absolute atomic E-state index is 0.00303. The Bertz CT molecular complexity index is 642. The van der Waals surface area contributed by atoms with E-state index < -0.39 is 0 Å². The molecule has 0 spiro atoms. The van der Waals surface area contributed by atoms with E-state index >= 15 is 0 Å². The Kier molecular flexibility index (Phi) is 7.14. The van der Waals surface area contributed by atoms with E-state index in [1.165, 1.54) is 0 Å². The summed E-state index contributed by atoms with van der Waals surface area (Å²) in [5.41, 5.74) is 0.777. The highest BCUT2D eigenvalue weighted by Crippen LogP contribution is 2.20. The third kappa shape index (κ3) is 5.01. The second-order valence-corrected chi connectivity index (χ2v) is 5.98. The van der Waals surface area contributed by atoms with Crippen LogP contribution in [-0.2, 0) is 14.3 Å². The fourth-order valence-electron chi connectivity index (χ4n) is 2.43. The molecule has 1 amide bonds. The van der Waals surface area contributed by atoms with Crippen molar-refractivity contribution in [1.82, 2.24) is 19.9 Å². The molecule has 2 aromatic rings. The molecule has 24 heavy (non-hydrogen) atoms. The molecule has 0 saturated heterocycles. The number of hydrogen-bond donors (Lipinski definition) is 1. The molecule has 0 unspecified atom stereocenters. The van der Waals surface area contributed by atoms with Crippen molar-refractivity contribution >= 4 is 11.6 Å². The minimum atomic E-state index is -0.177. The first-order valence-corrected chi connectivity index (χ1v) is 8.29. The van der Waals surface area contributed by atoms with Gasteiger partial charge in [0.15, 0.2) is 11.5 Å². The van der Waals surface area contributed by atoms with Gasteiger partial charge in [0, 0.05) is 26.3 Å². The molecule has 132 valence electrons. The van der Waals surface area contributed by atoms with E-state index in [2.05, 4.69) is 29.4 Å². The second kappa shape index (κ2) is 9.34. The van der Waals surface area contributed by atoms with Crippen molar-refractivity contribution in [1.29, 1.82) is 0 Å². The highest BCUT2D eigenvalue weighted by atomic mass is 16.5. The number of rotatable bonds is 10. The van der Waals surface area contributed by atoms with Crippen LogP contribution in [0.25, 0.3) is 5.65 Å². The fraction of sp³-hybridized carbons (Fsp3) is 0.588. The fourth-order valence-corrected chi connectivity index (χ4v) is 2.43. The molecule has 0 bridgehead atoms. The zero-order valence-electron chi connectivity index (χ0n) is 14.6. The molecule has 1 N–H and O–H groups in total. The molecule has 0 saturated carbocycles. The molecule has 0 aliphatic heterocycles. The Morgan fingerprint density at radius 1 is 1.25 bits per heavy atom. The first kappa shape index (κ1) is 18.4. The summed E-state index contributed by atoms with van der Waals surface area (Å²) in [5.74, 6) is 0.960. The van der Waals surface area contributed by atoms with Gasteiger partial charge >= 0.3 is 0 Å². The van der Waals surface area contributed by atoms with Gasteiger partial charge in [-0.2, -0.15) is 0 Å². The SMILES string of the molecule is COCCOCCCC(=O)N[C@H](c1nnc2ccccn12)C(C)C. The van der Waals surface area contributed by atoms with Crippen LogP contribution in [-0.4, -0.2) is 47.4 Å². The lowest BCUT2D eigenvalue weighted by atomic mass is 10.0. The average Bonchev–Trinajstić information content (AvgIpc) is 2.99. The second-order valence-electron chi connectivity index (χ2n) is 5.98. The predicted molar refractivity (Wildman–Crippen MR) is 90.6 cm³/mol. The number of fused-ring (bicyclic) bond motifs is 1. The third-order valence-corrected chi connectivity index (χ3v) is 3.73. The monoisotopic (exact) mass is 334 g/mol. The van der Waals surface area contributed by atoms with Gasteiger partial charge in [-0.25, -0.2) is 0 Å². The Morgan fingerprint density at radius 3 is 2.83 bits per heavy atom. The topological polar surface area (TPSA) is 77.8 Å². The molecule has 2 rings (SSSR count). The average molecular weight is 334 g/mol. The Balaban J connectivity index is 1.90. The van der Waals surface area contributed by atoms with Gasteiger partial charge in [-0.05, 0) is 24.5 Å². The van der Waals surface area contributed by atoms with Crippen LogP contribution in [0.1, 0.15) is 38.6 Å². The minimum Gasteiger partial charge on any atom is -0.382 e. The van der Waals surface area contributed by atoms with Gasteiger partial charge in [0.1, 0.15) is 0 Å².